The van der Waals surface area contributed by atoms with Crippen LogP contribution < -0.4 is 0 Å². The molecule has 0 radical (unpaired) electrons. The average molecular weight is 120 g/mol. The topological polar surface area (TPSA) is 28.7 Å². The maximum atomic E-state index is 5.06. The van der Waals surface area contributed by atoms with E-state index in [-0.39, 0.29) is 0 Å². The van der Waals surface area contributed by atoms with Crippen LogP contribution in [0.4, 0.5) is 0 Å². The molecule has 2 heteroatoms. The first-order valence-electron chi connectivity index (χ1n) is 2.84. The minimum atomic E-state index is 0.791. The Labute approximate surface area is 54.3 Å². The van der Waals surface area contributed by atoms with Gasteiger partial charge in [-0.25, -0.2) is 0 Å². The predicted molar refractivity (Wildman–Crippen MR) is 35.7 cm³/mol. The fourth-order valence-electron chi connectivity index (χ4n) is 0.631. The van der Waals surface area contributed by atoms with E-state index < -0.39 is 0 Å². The highest BCUT2D eigenvalue weighted by molar-refractivity contribution is 5.04. The molecule has 1 heterocycles. The molecule has 0 saturated carbocycles. The lowest BCUT2D eigenvalue weighted by Gasteiger charge is -1.84. The van der Waals surface area contributed by atoms with Crippen molar-refractivity contribution in [1.29, 1.82) is 0 Å². The molecule has 1 aromatic rings. The summed E-state index contributed by atoms with van der Waals surface area (Å²) < 4.78 is 0. The molecule has 0 aromatic carbocycles. The normalized spacial score (nSPS) is 8.78. The van der Waals surface area contributed by atoms with Crippen molar-refractivity contribution in [2.24, 2.45) is 0 Å². The van der Waals surface area contributed by atoms with Crippen molar-refractivity contribution in [2.45, 2.75) is 12.8 Å². The zero-order valence-electron chi connectivity index (χ0n) is 5.09. The van der Waals surface area contributed by atoms with Crippen molar-refractivity contribution < 1.29 is 0 Å². The van der Waals surface area contributed by atoms with E-state index in [1.807, 2.05) is 6.20 Å². The van der Waals surface area contributed by atoms with Gasteiger partial charge in [-0.1, -0.05) is 0 Å². The highest BCUT2D eigenvalue weighted by Gasteiger charge is 1.88. The van der Waals surface area contributed by atoms with Crippen LogP contribution >= 0.6 is 0 Å². The number of hydrogen-bond donors (Lipinski definition) is 1. The second kappa shape index (κ2) is 2.93. The summed E-state index contributed by atoms with van der Waals surface area (Å²) in [5.41, 5.74) is 1.17. The molecule has 0 fully saturated rings. The zero-order valence-corrected chi connectivity index (χ0v) is 5.09. The maximum absolute atomic E-state index is 5.06. The first-order valence-corrected chi connectivity index (χ1v) is 2.84. The number of aromatic amines is 1. The van der Waals surface area contributed by atoms with Crippen molar-refractivity contribution in [3.05, 3.63) is 18.0 Å². The lowest BCUT2D eigenvalue weighted by atomic mass is 10.2. The zero-order chi connectivity index (χ0) is 6.53. The van der Waals surface area contributed by atoms with E-state index in [1.54, 1.807) is 6.20 Å². The first kappa shape index (κ1) is 5.90. The van der Waals surface area contributed by atoms with Gasteiger partial charge in [-0.2, -0.15) is 5.10 Å². The third-order valence-electron chi connectivity index (χ3n) is 1.11. The summed E-state index contributed by atoms with van der Waals surface area (Å²) in [6.45, 7) is 0. The van der Waals surface area contributed by atoms with Crippen LogP contribution in [0.1, 0.15) is 12.0 Å². The highest BCUT2D eigenvalue weighted by atomic mass is 15.1. The second-order valence-electron chi connectivity index (χ2n) is 1.81. The predicted octanol–water partition coefficient (Wildman–Crippen LogP) is 0.976. The molecule has 0 spiro atoms. The van der Waals surface area contributed by atoms with Gasteiger partial charge in [0.1, 0.15) is 0 Å². The van der Waals surface area contributed by atoms with Gasteiger partial charge in [-0.15, -0.1) is 12.3 Å². The molecule has 1 N–H and O–H groups in total. The van der Waals surface area contributed by atoms with Crippen molar-refractivity contribution in [2.75, 3.05) is 0 Å². The van der Waals surface area contributed by atoms with Crippen LogP contribution in [-0.2, 0) is 6.42 Å². The third kappa shape index (κ3) is 1.61. The molecule has 0 saturated heterocycles. The van der Waals surface area contributed by atoms with E-state index in [4.69, 9.17) is 6.42 Å². The smallest absolute Gasteiger partial charge is 0.0519 e. The van der Waals surface area contributed by atoms with Crippen molar-refractivity contribution in [3.63, 3.8) is 0 Å². The van der Waals surface area contributed by atoms with E-state index in [9.17, 15) is 0 Å². The Balaban J connectivity index is 2.41. The van der Waals surface area contributed by atoms with E-state index in [1.165, 1.54) is 5.56 Å². The van der Waals surface area contributed by atoms with Gasteiger partial charge >= 0.3 is 0 Å². The third-order valence-corrected chi connectivity index (χ3v) is 1.11. The van der Waals surface area contributed by atoms with E-state index in [2.05, 4.69) is 16.1 Å². The quantitative estimate of drug-likeness (QED) is 0.579. The molecule has 1 rings (SSSR count). The Hall–Kier alpha value is -1.23. The van der Waals surface area contributed by atoms with E-state index >= 15 is 0 Å². The summed E-state index contributed by atoms with van der Waals surface area (Å²) in [6, 6.07) is 0. The van der Waals surface area contributed by atoms with Crippen LogP contribution in [0.3, 0.4) is 0 Å². The number of H-pyrrole nitrogens is 1. The Bertz CT molecular complexity index is 193. The average Bonchev–Trinajstić information content (AvgIpc) is 2.34. The molecule has 0 atom stereocenters. The van der Waals surface area contributed by atoms with Gasteiger partial charge in [0.25, 0.3) is 0 Å². The lowest BCUT2D eigenvalue weighted by molar-refractivity contribution is 1.03. The molecule has 0 aliphatic rings. The van der Waals surface area contributed by atoms with Gasteiger partial charge < -0.3 is 0 Å². The molecule has 0 unspecified atom stereocenters. The highest BCUT2D eigenvalue weighted by Crippen LogP contribution is 1.96. The summed E-state index contributed by atoms with van der Waals surface area (Å²) in [4.78, 5) is 0. The standard InChI is InChI=1S/C7H8N2/c1-2-3-4-7-5-8-9-6-7/h1,5-6H,3-4H2,(H,8,9). The first-order chi connectivity index (χ1) is 4.43. The van der Waals surface area contributed by atoms with Gasteiger partial charge in [-0.05, 0) is 12.0 Å². The molecular formula is C7H8N2. The maximum Gasteiger partial charge on any atom is 0.0519 e. The molecule has 9 heavy (non-hydrogen) atoms. The second-order valence-corrected chi connectivity index (χ2v) is 1.81. The molecule has 0 aliphatic carbocycles. The number of nitrogens with one attached hydrogen (secondary N) is 1. The number of nitrogens with zero attached hydrogens (tertiary/aromatic N) is 1. The van der Waals surface area contributed by atoms with Gasteiger partial charge in [0.05, 0.1) is 6.20 Å². The Morgan fingerprint density at radius 1 is 1.78 bits per heavy atom. The number of aromatic nitrogens is 2. The molecule has 0 bridgehead atoms. The SMILES string of the molecule is C#CCCc1cn[nH]c1. The summed E-state index contributed by atoms with van der Waals surface area (Å²) in [7, 11) is 0. The van der Waals surface area contributed by atoms with Gasteiger partial charge in [0.2, 0.25) is 0 Å². The van der Waals surface area contributed by atoms with Crippen LogP contribution in [0.15, 0.2) is 12.4 Å². The fourth-order valence-corrected chi connectivity index (χ4v) is 0.631. The van der Waals surface area contributed by atoms with Crippen LogP contribution in [0.25, 0.3) is 0 Å². The number of aryl methyl sites for hydroxylation is 1. The Morgan fingerprint density at radius 3 is 3.22 bits per heavy atom. The number of rotatable bonds is 2. The van der Waals surface area contributed by atoms with Gasteiger partial charge in [0, 0.05) is 12.6 Å². The minimum absolute atomic E-state index is 0.791. The van der Waals surface area contributed by atoms with Crippen LogP contribution in [0.2, 0.25) is 0 Å². The summed E-state index contributed by atoms with van der Waals surface area (Å²) in [5, 5.41) is 6.50. The number of terminal acetylenes is 1. The Morgan fingerprint density at radius 2 is 2.67 bits per heavy atom. The van der Waals surface area contributed by atoms with Crippen LogP contribution in [-0.4, -0.2) is 10.2 Å². The van der Waals surface area contributed by atoms with Crippen molar-refractivity contribution in [1.82, 2.24) is 10.2 Å². The molecule has 0 aliphatic heterocycles. The monoisotopic (exact) mass is 120 g/mol. The van der Waals surface area contributed by atoms with E-state index in [0.717, 1.165) is 12.8 Å². The minimum Gasteiger partial charge on any atom is -0.285 e. The van der Waals surface area contributed by atoms with Gasteiger partial charge in [0.15, 0.2) is 0 Å². The van der Waals surface area contributed by atoms with Crippen molar-refractivity contribution >= 4 is 0 Å². The molecular weight excluding hydrogens is 112 g/mol. The van der Waals surface area contributed by atoms with Crippen molar-refractivity contribution in [3.8, 4) is 12.3 Å². The van der Waals surface area contributed by atoms with Crippen LogP contribution in [0.5, 0.6) is 0 Å². The van der Waals surface area contributed by atoms with Crippen LogP contribution in [0, 0.1) is 12.3 Å². The molecule has 46 valence electrons. The summed E-state index contributed by atoms with van der Waals surface area (Å²) in [6.07, 6.45) is 10.4. The number of hydrogen-bond acceptors (Lipinski definition) is 1. The largest absolute Gasteiger partial charge is 0.285 e. The molecule has 1 aromatic heterocycles. The fraction of sp³-hybridized carbons (Fsp3) is 0.286. The van der Waals surface area contributed by atoms with Gasteiger partial charge in [-0.3, -0.25) is 5.10 Å². The molecule has 0 amide bonds. The van der Waals surface area contributed by atoms with E-state index in [0.29, 0.717) is 0 Å². The lowest BCUT2D eigenvalue weighted by Crippen LogP contribution is -1.76. The molecule has 2 nitrogen and oxygen atoms in total. The summed E-state index contributed by atoms with van der Waals surface area (Å²) in [5.74, 6) is 2.56. The Kier molecular flexibility index (Phi) is 1.92. The summed E-state index contributed by atoms with van der Waals surface area (Å²) >= 11 is 0.